The van der Waals surface area contributed by atoms with Gasteiger partial charge in [-0.1, -0.05) is 13.8 Å². The van der Waals surface area contributed by atoms with Crippen LogP contribution in [0.2, 0.25) is 0 Å². The summed E-state index contributed by atoms with van der Waals surface area (Å²) in [7, 11) is 0. The molecule has 0 aromatic heterocycles. The molecule has 14 heavy (non-hydrogen) atoms. The highest BCUT2D eigenvalue weighted by Gasteiger charge is 2.25. The van der Waals surface area contributed by atoms with Gasteiger partial charge in [0.2, 0.25) is 0 Å². The average molecular weight is 201 g/mol. The standard InChI is InChI=1S/C11H23NO2/c1-8-3-4-10(5-9(8)2)12-11(6-13)7-14/h8-14H,3-7H2,1-2H3/t8-,9-,10+/m1/s1. The summed E-state index contributed by atoms with van der Waals surface area (Å²) in [5.41, 5.74) is 0. The van der Waals surface area contributed by atoms with E-state index in [1.54, 1.807) is 0 Å². The van der Waals surface area contributed by atoms with Crippen molar-refractivity contribution in [3.63, 3.8) is 0 Å². The lowest BCUT2D eigenvalue weighted by molar-refractivity contribution is 0.139. The van der Waals surface area contributed by atoms with Crippen molar-refractivity contribution < 1.29 is 10.2 Å². The van der Waals surface area contributed by atoms with Gasteiger partial charge in [0.05, 0.1) is 19.3 Å². The van der Waals surface area contributed by atoms with E-state index >= 15 is 0 Å². The maximum Gasteiger partial charge on any atom is 0.0607 e. The maximum absolute atomic E-state index is 8.95. The van der Waals surface area contributed by atoms with Gasteiger partial charge in [-0.2, -0.15) is 0 Å². The lowest BCUT2D eigenvalue weighted by Gasteiger charge is -2.34. The molecule has 0 amide bonds. The number of hydrogen-bond acceptors (Lipinski definition) is 3. The lowest BCUT2D eigenvalue weighted by atomic mass is 9.79. The zero-order chi connectivity index (χ0) is 10.6. The van der Waals surface area contributed by atoms with Crippen molar-refractivity contribution in [1.29, 1.82) is 0 Å². The van der Waals surface area contributed by atoms with E-state index in [4.69, 9.17) is 10.2 Å². The first kappa shape index (κ1) is 12.0. The van der Waals surface area contributed by atoms with Crippen LogP contribution in [0.25, 0.3) is 0 Å². The molecular weight excluding hydrogens is 178 g/mol. The van der Waals surface area contributed by atoms with E-state index in [-0.39, 0.29) is 19.3 Å². The van der Waals surface area contributed by atoms with Crippen molar-refractivity contribution in [1.82, 2.24) is 5.32 Å². The number of aliphatic hydroxyl groups is 2. The smallest absolute Gasteiger partial charge is 0.0607 e. The summed E-state index contributed by atoms with van der Waals surface area (Å²) in [5, 5.41) is 21.2. The van der Waals surface area contributed by atoms with Crippen molar-refractivity contribution in [3.8, 4) is 0 Å². The summed E-state index contributed by atoms with van der Waals surface area (Å²) in [5.74, 6) is 1.56. The van der Waals surface area contributed by atoms with E-state index in [9.17, 15) is 0 Å². The van der Waals surface area contributed by atoms with Crippen LogP contribution in [-0.2, 0) is 0 Å². The fourth-order valence-electron chi connectivity index (χ4n) is 2.20. The molecule has 3 heteroatoms. The zero-order valence-electron chi connectivity index (χ0n) is 9.24. The average Bonchev–Trinajstić information content (AvgIpc) is 2.19. The topological polar surface area (TPSA) is 52.5 Å². The van der Waals surface area contributed by atoms with Gasteiger partial charge in [-0.05, 0) is 31.1 Å². The zero-order valence-corrected chi connectivity index (χ0v) is 9.24. The number of aliphatic hydroxyl groups excluding tert-OH is 2. The molecule has 3 atom stereocenters. The van der Waals surface area contributed by atoms with Gasteiger partial charge in [0.25, 0.3) is 0 Å². The molecule has 0 spiro atoms. The predicted octanol–water partition coefficient (Wildman–Crippen LogP) is 0.754. The van der Waals surface area contributed by atoms with Crippen LogP contribution in [0, 0.1) is 11.8 Å². The van der Waals surface area contributed by atoms with E-state index < -0.39 is 0 Å². The quantitative estimate of drug-likeness (QED) is 0.629. The monoisotopic (exact) mass is 201 g/mol. The second kappa shape index (κ2) is 5.69. The second-order valence-corrected chi connectivity index (χ2v) is 4.69. The van der Waals surface area contributed by atoms with Gasteiger partial charge >= 0.3 is 0 Å². The number of rotatable bonds is 4. The third-order valence-corrected chi connectivity index (χ3v) is 3.51. The van der Waals surface area contributed by atoms with Crippen LogP contribution >= 0.6 is 0 Å². The lowest BCUT2D eigenvalue weighted by Crippen LogP contribution is -2.45. The Kier molecular flexibility index (Phi) is 4.85. The van der Waals surface area contributed by atoms with Gasteiger partial charge in [-0.25, -0.2) is 0 Å². The highest BCUT2D eigenvalue weighted by Crippen LogP contribution is 2.29. The van der Waals surface area contributed by atoms with Crippen molar-refractivity contribution >= 4 is 0 Å². The van der Waals surface area contributed by atoms with E-state index in [0.717, 1.165) is 18.3 Å². The van der Waals surface area contributed by atoms with Crippen LogP contribution in [0.4, 0.5) is 0 Å². The van der Waals surface area contributed by atoms with Crippen molar-refractivity contribution in [2.75, 3.05) is 13.2 Å². The third kappa shape index (κ3) is 3.23. The SMILES string of the molecule is C[C@@H]1CC[C@H](NC(CO)CO)C[C@H]1C. The molecule has 0 aromatic rings. The van der Waals surface area contributed by atoms with E-state index in [0.29, 0.717) is 6.04 Å². The van der Waals surface area contributed by atoms with Crippen LogP contribution in [0.15, 0.2) is 0 Å². The van der Waals surface area contributed by atoms with E-state index in [2.05, 4.69) is 19.2 Å². The molecule has 3 nitrogen and oxygen atoms in total. The molecule has 0 unspecified atom stereocenters. The Morgan fingerprint density at radius 3 is 2.29 bits per heavy atom. The van der Waals surface area contributed by atoms with Crippen LogP contribution in [0.3, 0.4) is 0 Å². The summed E-state index contributed by atoms with van der Waals surface area (Å²) >= 11 is 0. The van der Waals surface area contributed by atoms with Gasteiger partial charge < -0.3 is 15.5 Å². The molecule has 0 aromatic carbocycles. The summed E-state index contributed by atoms with van der Waals surface area (Å²) in [6, 6.07) is 0.339. The molecule has 1 aliphatic rings. The van der Waals surface area contributed by atoms with Crippen LogP contribution in [-0.4, -0.2) is 35.5 Å². The Morgan fingerprint density at radius 1 is 1.14 bits per heavy atom. The molecule has 0 aliphatic heterocycles. The van der Waals surface area contributed by atoms with Crippen molar-refractivity contribution in [3.05, 3.63) is 0 Å². The molecule has 0 bridgehead atoms. The first-order valence-corrected chi connectivity index (χ1v) is 5.65. The molecule has 3 N–H and O–H groups in total. The molecule has 84 valence electrons. The largest absolute Gasteiger partial charge is 0.395 e. The first-order chi connectivity index (χ1) is 6.67. The van der Waals surface area contributed by atoms with Crippen molar-refractivity contribution in [2.24, 2.45) is 11.8 Å². The van der Waals surface area contributed by atoms with Gasteiger partial charge in [0.1, 0.15) is 0 Å². The maximum atomic E-state index is 8.95. The van der Waals surface area contributed by atoms with Crippen LogP contribution < -0.4 is 5.32 Å². The summed E-state index contributed by atoms with van der Waals surface area (Å²) in [6.45, 7) is 4.63. The van der Waals surface area contributed by atoms with Crippen molar-refractivity contribution in [2.45, 2.75) is 45.2 Å². The first-order valence-electron chi connectivity index (χ1n) is 5.65. The minimum Gasteiger partial charge on any atom is -0.395 e. The highest BCUT2D eigenvalue weighted by molar-refractivity contribution is 4.82. The normalized spacial score (nSPS) is 33.6. The Hall–Kier alpha value is -0.120. The molecule has 1 aliphatic carbocycles. The van der Waals surface area contributed by atoms with Gasteiger partial charge in [0, 0.05) is 6.04 Å². The van der Waals surface area contributed by atoms with E-state index in [1.807, 2.05) is 0 Å². The molecule has 1 rings (SSSR count). The molecule has 1 saturated carbocycles. The van der Waals surface area contributed by atoms with E-state index in [1.165, 1.54) is 12.8 Å². The number of hydrogen-bond donors (Lipinski definition) is 3. The second-order valence-electron chi connectivity index (χ2n) is 4.69. The van der Waals surface area contributed by atoms with Gasteiger partial charge in [0.15, 0.2) is 0 Å². The Balaban J connectivity index is 2.32. The summed E-state index contributed by atoms with van der Waals surface area (Å²) < 4.78 is 0. The molecule has 0 saturated heterocycles. The Morgan fingerprint density at radius 2 is 1.79 bits per heavy atom. The summed E-state index contributed by atoms with van der Waals surface area (Å²) in [4.78, 5) is 0. The minimum atomic E-state index is -0.138. The predicted molar refractivity (Wildman–Crippen MR) is 57.1 cm³/mol. The Labute approximate surface area is 86.5 Å². The fourth-order valence-corrected chi connectivity index (χ4v) is 2.20. The van der Waals surface area contributed by atoms with Gasteiger partial charge in [-0.3, -0.25) is 0 Å². The molecular formula is C11H23NO2. The van der Waals surface area contributed by atoms with Gasteiger partial charge in [-0.15, -0.1) is 0 Å². The minimum absolute atomic E-state index is 0.0247. The Bertz CT molecular complexity index is 159. The molecule has 0 radical (unpaired) electrons. The van der Waals surface area contributed by atoms with Crippen LogP contribution in [0.5, 0.6) is 0 Å². The third-order valence-electron chi connectivity index (χ3n) is 3.51. The summed E-state index contributed by atoms with van der Waals surface area (Å²) in [6.07, 6.45) is 3.59. The molecule has 0 heterocycles. The van der Waals surface area contributed by atoms with Crippen LogP contribution in [0.1, 0.15) is 33.1 Å². The molecule has 1 fully saturated rings. The fraction of sp³-hybridized carbons (Fsp3) is 1.00. The highest BCUT2D eigenvalue weighted by atomic mass is 16.3. The number of nitrogens with one attached hydrogen (secondary N) is 1.